The van der Waals surface area contributed by atoms with Crippen molar-refractivity contribution >= 4 is 11.7 Å². The second-order valence-corrected chi connectivity index (χ2v) is 8.00. The molecule has 1 N–H and O–H groups in total. The molecule has 2 aromatic carbocycles. The summed E-state index contributed by atoms with van der Waals surface area (Å²) in [5, 5.41) is 3.08. The first kappa shape index (κ1) is 19.8. The normalized spacial score (nSPS) is 19.8. The predicted octanol–water partition coefficient (Wildman–Crippen LogP) is 4.92. The van der Waals surface area contributed by atoms with Crippen LogP contribution in [-0.2, 0) is 0 Å². The molecule has 1 unspecified atom stereocenters. The van der Waals surface area contributed by atoms with Crippen LogP contribution in [-0.4, -0.2) is 48.1 Å². The number of nitrogens with zero attached hydrogens (tertiary/aromatic N) is 2. The minimum atomic E-state index is -0.0334. The van der Waals surface area contributed by atoms with Gasteiger partial charge >= 0.3 is 6.03 Å². The minimum absolute atomic E-state index is 0.0334. The van der Waals surface area contributed by atoms with E-state index in [0.29, 0.717) is 6.04 Å². The van der Waals surface area contributed by atoms with Crippen LogP contribution in [0.1, 0.15) is 44.2 Å². The summed E-state index contributed by atoms with van der Waals surface area (Å²) in [4.78, 5) is 17.6. The maximum Gasteiger partial charge on any atom is 0.322 e. The van der Waals surface area contributed by atoms with Crippen LogP contribution >= 0.6 is 0 Å². The average Bonchev–Trinajstić information content (AvgIpc) is 3.61. The van der Waals surface area contributed by atoms with Gasteiger partial charge in [-0.3, -0.25) is 4.90 Å². The molecule has 1 saturated carbocycles. The van der Waals surface area contributed by atoms with Crippen LogP contribution in [0.5, 0.6) is 5.75 Å². The SMILES string of the molecule is CCCCOc1ccc(NC(=O)N2CCN(C3CC3)CC2c2ccccc2)cc1. The smallest absolute Gasteiger partial charge is 0.322 e. The number of carbonyl (C=O) groups is 1. The van der Waals surface area contributed by atoms with E-state index in [4.69, 9.17) is 4.74 Å². The molecule has 0 radical (unpaired) electrons. The van der Waals surface area contributed by atoms with Gasteiger partial charge in [0.25, 0.3) is 0 Å². The summed E-state index contributed by atoms with van der Waals surface area (Å²) in [5.74, 6) is 0.844. The molecule has 1 aliphatic carbocycles. The van der Waals surface area contributed by atoms with E-state index in [-0.39, 0.29) is 12.1 Å². The quantitative estimate of drug-likeness (QED) is 0.679. The maximum atomic E-state index is 13.1. The fourth-order valence-electron chi connectivity index (χ4n) is 3.94. The topological polar surface area (TPSA) is 44.8 Å². The highest BCUT2D eigenvalue weighted by Crippen LogP contribution is 2.33. The van der Waals surface area contributed by atoms with Gasteiger partial charge in [-0.2, -0.15) is 0 Å². The fraction of sp³-hybridized carbons (Fsp3) is 0.458. The van der Waals surface area contributed by atoms with Gasteiger partial charge in [-0.1, -0.05) is 43.7 Å². The summed E-state index contributed by atoms with van der Waals surface area (Å²) in [6.45, 7) is 5.49. The lowest BCUT2D eigenvalue weighted by Gasteiger charge is -2.41. The Hall–Kier alpha value is -2.53. The molecule has 5 heteroatoms. The molecule has 1 heterocycles. The highest BCUT2D eigenvalue weighted by molar-refractivity contribution is 5.89. The summed E-state index contributed by atoms with van der Waals surface area (Å²) < 4.78 is 5.71. The second-order valence-electron chi connectivity index (χ2n) is 8.00. The second kappa shape index (κ2) is 9.31. The Labute approximate surface area is 173 Å². The van der Waals surface area contributed by atoms with Gasteiger partial charge in [-0.15, -0.1) is 0 Å². The number of ether oxygens (including phenoxy) is 1. The van der Waals surface area contributed by atoms with Gasteiger partial charge in [-0.25, -0.2) is 4.79 Å². The van der Waals surface area contributed by atoms with Crippen molar-refractivity contribution in [2.75, 3.05) is 31.6 Å². The summed E-state index contributed by atoms with van der Waals surface area (Å²) >= 11 is 0. The molecule has 2 amide bonds. The molecule has 1 saturated heterocycles. The van der Waals surface area contributed by atoms with E-state index in [1.807, 2.05) is 35.2 Å². The number of hydrogen-bond donors (Lipinski definition) is 1. The first-order valence-corrected chi connectivity index (χ1v) is 10.8. The molecule has 0 spiro atoms. The van der Waals surface area contributed by atoms with Crippen molar-refractivity contribution in [2.24, 2.45) is 0 Å². The number of rotatable bonds is 7. The number of hydrogen-bond acceptors (Lipinski definition) is 3. The van der Waals surface area contributed by atoms with Gasteiger partial charge in [-0.05, 0) is 49.1 Å². The number of amides is 2. The molecule has 1 aliphatic heterocycles. The predicted molar refractivity (Wildman–Crippen MR) is 116 cm³/mol. The number of benzene rings is 2. The molecule has 4 rings (SSSR count). The molecule has 29 heavy (non-hydrogen) atoms. The number of carbonyl (C=O) groups excluding carboxylic acids is 1. The van der Waals surface area contributed by atoms with Crippen LogP contribution in [0.15, 0.2) is 54.6 Å². The van der Waals surface area contributed by atoms with Crippen molar-refractivity contribution in [2.45, 2.75) is 44.7 Å². The Kier molecular flexibility index (Phi) is 6.35. The molecule has 154 valence electrons. The van der Waals surface area contributed by atoms with Crippen LogP contribution in [0.4, 0.5) is 10.5 Å². The van der Waals surface area contributed by atoms with E-state index in [9.17, 15) is 4.79 Å². The summed E-state index contributed by atoms with van der Waals surface area (Å²) in [6.07, 6.45) is 4.75. The third kappa shape index (κ3) is 5.10. The molecule has 1 atom stereocenters. The molecule has 2 aliphatic rings. The van der Waals surface area contributed by atoms with Crippen molar-refractivity contribution in [3.05, 3.63) is 60.2 Å². The van der Waals surface area contributed by atoms with E-state index in [1.54, 1.807) is 0 Å². The highest BCUT2D eigenvalue weighted by atomic mass is 16.5. The van der Waals surface area contributed by atoms with Crippen molar-refractivity contribution in [3.8, 4) is 5.75 Å². The maximum absolute atomic E-state index is 13.1. The molecule has 0 bridgehead atoms. The summed E-state index contributed by atoms with van der Waals surface area (Å²) in [6, 6.07) is 18.8. The number of anilines is 1. The minimum Gasteiger partial charge on any atom is -0.494 e. The van der Waals surface area contributed by atoms with E-state index in [0.717, 1.165) is 50.5 Å². The molecular formula is C24H31N3O2. The Morgan fingerprint density at radius 3 is 2.52 bits per heavy atom. The van der Waals surface area contributed by atoms with E-state index in [2.05, 4.69) is 41.4 Å². The third-order valence-electron chi connectivity index (χ3n) is 5.79. The molecule has 2 aromatic rings. The first-order chi connectivity index (χ1) is 14.2. The lowest BCUT2D eigenvalue weighted by atomic mass is 10.0. The molecule has 2 fully saturated rings. The van der Waals surface area contributed by atoms with Gasteiger partial charge in [0, 0.05) is 31.4 Å². The zero-order chi connectivity index (χ0) is 20.1. The largest absolute Gasteiger partial charge is 0.494 e. The highest BCUT2D eigenvalue weighted by Gasteiger charge is 2.37. The zero-order valence-electron chi connectivity index (χ0n) is 17.2. The monoisotopic (exact) mass is 393 g/mol. The van der Waals surface area contributed by atoms with Crippen molar-refractivity contribution < 1.29 is 9.53 Å². The Morgan fingerprint density at radius 1 is 1.07 bits per heavy atom. The van der Waals surface area contributed by atoms with Crippen LogP contribution in [0, 0.1) is 0 Å². The van der Waals surface area contributed by atoms with Crippen LogP contribution in [0.3, 0.4) is 0 Å². The van der Waals surface area contributed by atoms with Crippen molar-refractivity contribution in [1.82, 2.24) is 9.80 Å². The Morgan fingerprint density at radius 2 is 1.83 bits per heavy atom. The fourth-order valence-corrected chi connectivity index (χ4v) is 3.94. The van der Waals surface area contributed by atoms with Crippen LogP contribution in [0.25, 0.3) is 0 Å². The lowest BCUT2D eigenvalue weighted by molar-refractivity contribution is 0.0954. The number of nitrogens with one attached hydrogen (secondary N) is 1. The average molecular weight is 394 g/mol. The summed E-state index contributed by atoms with van der Waals surface area (Å²) in [5.41, 5.74) is 2.00. The van der Waals surface area contributed by atoms with Crippen molar-refractivity contribution in [1.29, 1.82) is 0 Å². The van der Waals surface area contributed by atoms with Gasteiger partial charge in [0.2, 0.25) is 0 Å². The lowest BCUT2D eigenvalue weighted by Crippen LogP contribution is -2.52. The molecule has 5 nitrogen and oxygen atoms in total. The van der Waals surface area contributed by atoms with E-state index in [1.165, 1.54) is 18.4 Å². The van der Waals surface area contributed by atoms with Crippen LogP contribution in [0.2, 0.25) is 0 Å². The standard InChI is InChI=1S/C24H31N3O2/c1-2-3-17-29-22-13-9-20(10-14-22)25-24(28)27-16-15-26(21-11-12-21)18-23(27)19-7-5-4-6-8-19/h4-10,13-14,21,23H,2-3,11-12,15-18H2,1H3,(H,25,28). The van der Waals surface area contributed by atoms with Gasteiger partial charge in [0.15, 0.2) is 0 Å². The van der Waals surface area contributed by atoms with Crippen molar-refractivity contribution in [3.63, 3.8) is 0 Å². The first-order valence-electron chi connectivity index (χ1n) is 10.8. The van der Waals surface area contributed by atoms with Crippen LogP contribution < -0.4 is 10.1 Å². The molecular weight excluding hydrogens is 362 g/mol. The Bertz CT molecular complexity index is 790. The third-order valence-corrected chi connectivity index (χ3v) is 5.79. The van der Waals surface area contributed by atoms with Gasteiger partial charge in [0.05, 0.1) is 12.6 Å². The van der Waals surface area contributed by atoms with E-state index >= 15 is 0 Å². The number of unbranched alkanes of at least 4 members (excludes halogenated alkanes) is 1. The summed E-state index contributed by atoms with van der Waals surface area (Å²) in [7, 11) is 0. The van der Waals surface area contributed by atoms with E-state index < -0.39 is 0 Å². The Balaban J connectivity index is 1.42. The van der Waals surface area contributed by atoms with Gasteiger partial charge < -0.3 is 15.0 Å². The zero-order valence-corrected chi connectivity index (χ0v) is 17.2. The number of piperazine rings is 1. The molecule has 0 aromatic heterocycles. The van der Waals surface area contributed by atoms with Gasteiger partial charge in [0.1, 0.15) is 5.75 Å². The number of urea groups is 1.